The number of nitrogens with zero attached hydrogens (tertiary/aromatic N) is 1. The average molecular weight is 610 g/mol. The molecule has 0 bridgehead atoms. The van der Waals surface area contributed by atoms with Gasteiger partial charge in [-0.15, -0.1) is 0 Å². The molecule has 2 aromatic carbocycles. The number of hydrogen-bond acceptors (Lipinski definition) is 4. The van der Waals surface area contributed by atoms with Crippen LogP contribution >= 0.6 is 0 Å². The lowest BCUT2D eigenvalue weighted by molar-refractivity contribution is -0.906. The van der Waals surface area contributed by atoms with Crippen molar-refractivity contribution in [3.63, 3.8) is 0 Å². The number of nitrogens with one attached hydrogen (secondary N) is 1. The second-order valence-electron chi connectivity index (χ2n) is 12.2. The van der Waals surface area contributed by atoms with Crippen LogP contribution in [0.3, 0.4) is 0 Å². The molecule has 1 amide bonds. The van der Waals surface area contributed by atoms with E-state index in [0.717, 1.165) is 55.4 Å². The van der Waals surface area contributed by atoms with Crippen molar-refractivity contribution in [2.24, 2.45) is 0 Å². The van der Waals surface area contributed by atoms with Gasteiger partial charge in [0.2, 0.25) is 0 Å². The number of unbranched alkanes of at least 4 members (excludes halogenated alkanes) is 10. The Bertz CT molecular complexity index is 1080. The van der Waals surface area contributed by atoms with Crippen molar-refractivity contribution >= 4 is 17.4 Å². The van der Waals surface area contributed by atoms with E-state index in [1.54, 1.807) is 0 Å². The van der Waals surface area contributed by atoms with Crippen molar-refractivity contribution < 1.29 is 23.5 Å². The van der Waals surface area contributed by atoms with E-state index in [-0.39, 0.29) is 5.91 Å². The zero-order chi connectivity index (χ0) is 32.0. The molecule has 0 spiro atoms. The van der Waals surface area contributed by atoms with E-state index in [9.17, 15) is 4.79 Å². The molecular formula is C38H61N2O4+. The lowest BCUT2D eigenvalue weighted by Gasteiger charge is -2.32. The second-order valence-corrected chi connectivity index (χ2v) is 12.2. The average Bonchev–Trinajstić information content (AvgIpc) is 3.04. The Hall–Kier alpha value is -2.99. The monoisotopic (exact) mass is 609 g/mol. The molecule has 0 saturated carbocycles. The normalized spacial score (nSPS) is 11.3. The van der Waals surface area contributed by atoms with Crippen LogP contribution in [0.5, 0.6) is 11.5 Å². The number of benzene rings is 2. The maximum absolute atomic E-state index is 13.5. The van der Waals surface area contributed by atoms with Gasteiger partial charge in [0, 0.05) is 11.3 Å². The SMILES string of the molecule is C=C(OCC[N+](C)(CC)CC)c1ccc(NC(=O)c2cc(OCCCCCCCC)ccc2OCCCCCCCC)cc1. The Kier molecular flexibility index (Phi) is 18.3. The van der Waals surface area contributed by atoms with Gasteiger partial charge < -0.3 is 24.0 Å². The molecule has 0 heterocycles. The summed E-state index contributed by atoms with van der Waals surface area (Å²) >= 11 is 0. The third-order valence-electron chi connectivity index (χ3n) is 8.62. The fourth-order valence-corrected chi connectivity index (χ4v) is 4.99. The fourth-order valence-electron chi connectivity index (χ4n) is 4.99. The number of rotatable bonds is 25. The standard InChI is InChI=1S/C38H60N2O4/c1-7-11-13-15-17-19-28-43-35-25-26-37(44-29-20-18-16-14-12-8-2)36(31-35)38(41)39-34-23-21-33(22-24-34)32(5)42-30-27-40(6,9-3)10-4/h21-26,31H,5,7-20,27-30H2,1-4,6H3/p+1. The molecule has 0 aromatic heterocycles. The molecule has 0 atom stereocenters. The van der Waals surface area contributed by atoms with Crippen LogP contribution < -0.4 is 14.8 Å². The van der Waals surface area contributed by atoms with Crippen LogP contribution in [0.4, 0.5) is 5.69 Å². The van der Waals surface area contributed by atoms with Gasteiger partial charge in [-0.05, 0) is 69.2 Å². The third kappa shape index (κ3) is 14.2. The quantitative estimate of drug-likeness (QED) is 0.0691. The molecule has 0 unspecified atom stereocenters. The molecule has 6 nitrogen and oxygen atoms in total. The maximum Gasteiger partial charge on any atom is 0.259 e. The van der Waals surface area contributed by atoms with Crippen molar-refractivity contribution in [1.29, 1.82) is 0 Å². The van der Waals surface area contributed by atoms with Gasteiger partial charge in [0.15, 0.2) is 0 Å². The van der Waals surface area contributed by atoms with Crippen LogP contribution in [-0.4, -0.2) is 56.9 Å². The summed E-state index contributed by atoms with van der Waals surface area (Å²) in [4.78, 5) is 13.5. The van der Waals surface area contributed by atoms with Gasteiger partial charge in [-0.3, -0.25) is 4.79 Å². The predicted molar refractivity (Wildman–Crippen MR) is 186 cm³/mol. The summed E-state index contributed by atoms with van der Waals surface area (Å²) in [6.45, 7) is 17.9. The van der Waals surface area contributed by atoms with Crippen molar-refractivity contribution in [3.05, 3.63) is 60.2 Å². The van der Waals surface area contributed by atoms with Crippen LogP contribution in [0.25, 0.3) is 5.76 Å². The molecule has 0 radical (unpaired) electrons. The van der Waals surface area contributed by atoms with E-state index in [1.165, 1.54) is 51.4 Å². The van der Waals surface area contributed by atoms with Gasteiger partial charge in [-0.2, -0.15) is 0 Å². The number of anilines is 1. The van der Waals surface area contributed by atoms with E-state index in [1.807, 2.05) is 42.5 Å². The third-order valence-corrected chi connectivity index (χ3v) is 8.62. The lowest BCUT2D eigenvalue weighted by atomic mass is 10.1. The molecule has 0 fully saturated rings. The molecule has 1 N–H and O–H groups in total. The summed E-state index contributed by atoms with van der Waals surface area (Å²) in [5.41, 5.74) is 2.09. The number of quaternary nitrogens is 1. The number of likely N-dealkylation sites (N-methyl/N-ethyl adjacent to an activating group) is 1. The Balaban J connectivity index is 2.00. The molecule has 0 aliphatic rings. The highest BCUT2D eigenvalue weighted by molar-refractivity contribution is 6.06. The first-order valence-corrected chi connectivity index (χ1v) is 17.3. The molecule has 2 rings (SSSR count). The van der Waals surface area contributed by atoms with E-state index in [2.05, 4.69) is 46.6 Å². The summed E-state index contributed by atoms with van der Waals surface area (Å²) < 4.78 is 19.1. The molecule has 0 saturated heterocycles. The zero-order valence-electron chi connectivity index (χ0n) is 28.6. The minimum Gasteiger partial charge on any atom is -0.494 e. The van der Waals surface area contributed by atoms with Crippen LogP contribution in [0.2, 0.25) is 0 Å². The predicted octanol–water partition coefficient (Wildman–Crippen LogP) is 9.89. The van der Waals surface area contributed by atoms with Crippen molar-refractivity contribution in [2.75, 3.05) is 51.8 Å². The number of ether oxygens (including phenoxy) is 3. The number of carbonyl (C=O) groups is 1. The summed E-state index contributed by atoms with van der Waals surface area (Å²) in [5.74, 6) is 1.71. The highest BCUT2D eigenvalue weighted by Crippen LogP contribution is 2.27. The zero-order valence-corrected chi connectivity index (χ0v) is 28.6. The minimum atomic E-state index is -0.216. The molecule has 44 heavy (non-hydrogen) atoms. The smallest absolute Gasteiger partial charge is 0.259 e. The van der Waals surface area contributed by atoms with Crippen molar-refractivity contribution in [2.45, 2.75) is 105 Å². The van der Waals surface area contributed by atoms with E-state index in [4.69, 9.17) is 14.2 Å². The van der Waals surface area contributed by atoms with Gasteiger partial charge in [-0.1, -0.05) is 84.6 Å². The van der Waals surface area contributed by atoms with Gasteiger partial charge in [0.1, 0.15) is 30.4 Å². The van der Waals surface area contributed by atoms with Gasteiger partial charge in [-0.25, -0.2) is 0 Å². The number of hydrogen-bond donors (Lipinski definition) is 1. The molecule has 6 heteroatoms. The Morgan fingerprint density at radius 3 is 1.89 bits per heavy atom. The maximum atomic E-state index is 13.5. The Labute approximate surface area is 268 Å². The van der Waals surface area contributed by atoms with Crippen molar-refractivity contribution in [3.8, 4) is 11.5 Å². The topological polar surface area (TPSA) is 56.8 Å². The first-order chi connectivity index (χ1) is 21.4. The summed E-state index contributed by atoms with van der Waals surface area (Å²) in [5, 5.41) is 3.04. The molecule has 246 valence electrons. The minimum absolute atomic E-state index is 0.216. The second kappa shape index (κ2) is 21.7. The Morgan fingerprint density at radius 2 is 1.30 bits per heavy atom. The molecule has 2 aromatic rings. The molecule has 0 aliphatic heterocycles. The van der Waals surface area contributed by atoms with E-state index >= 15 is 0 Å². The molecule has 0 aliphatic carbocycles. The lowest BCUT2D eigenvalue weighted by Crippen LogP contribution is -2.45. The summed E-state index contributed by atoms with van der Waals surface area (Å²) in [6.07, 6.45) is 14.4. The molecular weight excluding hydrogens is 548 g/mol. The van der Waals surface area contributed by atoms with E-state index < -0.39 is 0 Å². The fraction of sp³-hybridized carbons (Fsp3) is 0.605. The Morgan fingerprint density at radius 1 is 0.727 bits per heavy atom. The van der Waals surface area contributed by atoms with Crippen molar-refractivity contribution in [1.82, 2.24) is 0 Å². The highest BCUT2D eigenvalue weighted by atomic mass is 16.5. The van der Waals surface area contributed by atoms with Gasteiger partial charge >= 0.3 is 0 Å². The van der Waals surface area contributed by atoms with Gasteiger partial charge in [0.25, 0.3) is 5.91 Å². The van der Waals surface area contributed by atoms with Crippen LogP contribution in [-0.2, 0) is 4.74 Å². The van der Waals surface area contributed by atoms with E-state index in [0.29, 0.717) is 48.3 Å². The summed E-state index contributed by atoms with van der Waals surface area (Å²) in [7, 11) is 2.24. The van der Waals surface area contributed by atoms with Crippen LogP contribution in [0.1, 0.15) is 121 Å². The van der Waals surface area contributed by atoms with Gasteiger partial charge in [0.05, 0.1) is 38.9 Å². The first-order valence-electron chi connectivity index (χ1n) is 17.3. The highest BCUT2D eigenvalue weighted by Gasteiger charge is 2.17. The number of amides is 1. The largest absolute Gasteiger partial charge is 0.494 e. The summed E-state index contributed by atoms with van der Waals surface area (Å²) in [6, 6.07) is 13.2. The van der Waals surface area contributed by atoms with Crippen LogP contribution in [0.15, 0.2) is 49.0 Å². The first kappa shape index (κ1) is 37.2. The van der Waals surface area contributed by atoms with Crippen LogP contribution in [0, 0.1) is 0 Å². The number of carbonyl (C=O) groups excluding carboxylic acids is 1.